The van der Waals surface area contributed by atoms with E-state index in [4.69, 9.17) is 4.74 Å². The maximum absolute atomic E-state index is 11.9. The van der Waals surface area contributed by atoms with Gasteiger partial charge in [-0.05, 0) is 37.8 Å². The van der Waals surface area contributed by atoms with Crippen molar-refractivity contribution in [2.45, 2.75) is 43.6 Å². The maximum atomic E-state index is 11.9. The van der Waals surface area contributed by atoms with Crippen LogP contribution in [0.1, 0.15) is 32.6 Å². The highest BCUT2D eigenvalue weighted by molar-refractivity contribution is 7.90. The summed E-state index contributed by atoms with van der Waals surface area (Å²) in [5.41, 5.74) is 0.331. The van der Waals surface area contributed by atoms with Crippen LogP contribution in [0.3, 0.4) is 0 Å². The Morgan fingerprint density at radius 1 is 1.33 bits per heavy atom. The first kappa shape index (κ1) is 18.7. The SMILES string of the molecule is CCCOC1CCCN(c2ccc([N+](=O)[O-])c(S(C)(=O)=O)c2)CC1. The summed E-state index contributed by atoms with van der Waals surface area (Å²) < 4.78 is 29.6. The van der Waals surface area contributed by atoms with Crippen molar-refractivity contribution in [1.29, 1.82) is 0 Å². The summed E-state index contributed by atoms with van der Waals surface area (Å²) in [6, 6.07) is 4.32. The lowest BCUT2D eigenvalue weighted by Crippen LogP contribution is -2.25. The highest BCUT2D eigenvalue weighted by atomic mass is 32.2. The molecule has 0 aliphatic carbocycles. The van der Waals surface area contributed by atoms with Gasteiger partial charge < -0.3 is 9.64 Å². The van der Waals surface area contributed by atoms with E-state index >= 15 is 0 Å². The number of nitrogens with zero attached hydrogens (tertiary/aromatic N) is 2. The molecule has 1 saturated heterocycles. The Hall–Kier alpha value is -1.67. The Morgan fingerprint density at radius 2 is 2.08 bits per heavy atom. The van der Waals surface area contributed by atoms with Gasteiger partial charge in [-0.15, -0.1) is 0 Å². The van der Waals surface area contributed by atoms with Crippen LogP contribution in [0.2, 0.25) is 0 Å². The second-order valence-corrected chi connectivity index (χ2v) is 8.08. The molecule has 0 spiro atoms. The Kier molecular flexibility index (Phi) is 6.17. The molecule has 0 N–H and O–H groups in total. The summed E-state index contributed by atoms with van der Waals surface area (Å²) in [6.07, 6.45) is 4.99. The lowest BCUT2D eigenvalue weighted by molar-refractivity contribution is -0.387. The molecule has 0 bridgehead atoms. The van der Waals surface area contributed by atoms with E-state index < -0.39 is 14.8 Å². The van der Waals surface area contributed by atoms with Crippen molar-refractivity contribution in [3.05, 3.63) is 28.3 Å². The molecule has 7 nitrogen and oxygen atoms in total. The second-order valence-electron chi connectivity index (χ2n) is 6.09. The normalized spacial score (nSPS) is 19.1. The van der Waals surface area contributed by atoms with Crippen LogP contribution in [0, 0.1) is 10.1 Å². The number of ether oxygens (including phenoxy) is 1. The van der Waals surface area contributed by atoms with Crippen molar-refractivity contribution in [2.75, 3.05) is 30.9 Å². The van der Waals surface area contributed by atoms with Crippen molar-refractivity contribution < 1.29 is 18.1 Å². The van der Waals surface area contributed by atoms with Gasteiger partial charge in [0.25, 0.3) is 5.69 Å². The first-order valence-corrected chi connectivity index (χ1v) is 10.1. The zero-order valence-corrected chi connectivity index (χ0v) is 14.9. The number of anilines is 1. The molecule has 0 amide bonds. The zero-order valence-electron chi connectivity index (χ0n) is 14.1. The van der Waals surface area contributed by atoms with Crippen LogP contribution in [0.5, 0.6) is 0 Å². The van der Waals surface area contributed by atoms with Crippen molar-refractivity contribution >= 4 is 21.2 Å². The zero-order chi connectivity index (χ0) is 17.7. The number of rotatable bonds is 6. The predicted molar refractivity (Wildman–Crippen MR) is 92.3 cm³/mol. The van der Waals surface area contributed by atoms with Gasteiger partial charge in [0.2, 0.25) is 0 Å². The largest absolute Gasteiger partial charge is 0.378 e. The third-order valence-electron chi connectivity index (χ3n) is 4.14. The molecule has 134 valence electrons. The van der Waals surface area contributed by atoms with Gasteiger partial charge in [-0.25, -0.2) is 8.42 Å². The predicted octanol–water partition coefficient (Wildman–Crippen LogP) is 2.78. The van der Waals surface area contributed by atoms with Gasteiger partial charge in [-0.2, -0.15) is 0 Å². The maximum Gasteiger partial charge on any atom is 0.288 e. The minimum absolute atomic E-state index is 0.224. The van der Waals surface area contributed by atoms with Crippen molar-refractivity contribution in [2.24, 2.45) is 0 Å². The van der Waals surface area contributed by atoms with Crippen molar-refractivity contribution in [3.63, 3.8) is 0 Å². The van der Waals surface area contributed by atoms with Gasteiger partial charge in [-0.3, -0.25) is 10.1 Å². The van der Waals surface area contributed by atoms with Crippen molar-refractivity contribution in [1.82, 2.24) is 0 Å². The molecule has 2 rings (SSSR count). The van der Waals surface area contributed by atoms with E-state index in [-0.39, 0.29) is 16.7 Å². The molecule has 1 atom stereocenters. The number of sulfone groups is 1. The van der Waals surface area contributed by atoms with Gasteiger partial charge in [0, 0.05) is 37.7 Å². The molecule has 1 aliphatic rings. The molecule has 1 heterocycles. The molecule has 0 radical (unpaired) electrons. The van der Waals surface area contributed by atoms with E-state index in [1.807, 2.05) is 0 Å². The highest BCUT2D eigenvalue weighted by Crippen LogP contribution is 2.30. The van der Waals surface area contributed by atoms with Gasteiger partial charge in [0.1, 0.15) is 4.90 Å². The van der Waals surface area contributed by atoms with Crippen LogP contribution in [0.4, 0.5) is 11.4 Å². The molecule has 1 unspecified atom stereocenters. The highest BCUT2D eigenvalue weighted by Gasteiger charge is 2.25. The summed E-state index contributed by atoms with van der Waals surface area (Å²) in [4.78, 5) is 12.3. The first-order valence-electron chi connectivity index (χ1n) is 8.18. The van der Waals surface area contributed by atoms with E-state index in [0.29, 0.717) is 5.69 Å². The molecule has 24 heavy (non-hydrogen) atoms. The summed E-state index contributed by atoms with van der Waals surface area (Å²) in [5, 5.41) is 11.1. The van der Waals surface area contributed by atoms with Crippen LogP contribution in [0.25, 0.3) is 0 Å². The number of hydrogen-bond donors (Lipinski definition) is 0. The Bertz CT molecular complexity index is 690. The topological polar surface area (TPSA) is 89.8 Å². The average Bonchev–Trinajstić information content (AvgIpc) is 2.77. The van der Waals surface area contributed by atoms with Gasteiger partial charge in [0.05, 0.1) is 11.0 Å². The number of nitro groups is 1. The smallest absolute Gasteiger partial charge is 0.288 e. The fourth-order valence-electron chi connectivity index (χ4n) is 2.92. The molecule has 1 aromatic rings. The first-order chi connectivity index (χ1) is 11.3. The monoisotopic (exact) mass is 356 g/mol. The summed E-state index contributed by atoms with van der Waals surface area (Å²) in [7, 11) is -3.66. The average molecular weight is 356 g/mol. The molecular weight excluding hydrogens is 332 g/mol. The van der Waals surface area contributed by atoms with E-state index in [1.165, 1.54) is 12.1 Å². The molecule has 1 aliphatic heterocycles. The standard InChI is InChI=1S/C16H24N2O5S/c1-3-11-23-14-5-4-9-17(10-8-14)13-6-7-15(18(19)20)16(12-13)24(2,21)22/h6-7,12,14H,3-5,8-11H2,1-2H3. The molecular formula is C16H24N2O5S. The lowest BCUT2D eigenvalue weighted by Gasteiger charge is -2.23. The quantitative estimate of drug-likeness (QED) is 0.575. The molecule has 1 aromatic carbocycles. The van der Waals surface area contributed by atoms with Gasteiger partial charge in [-0.1, -0.05) is 6.92 Å². The van der Waals surface area contributed by atoms with Crippen LogP contribution in [-0.2, 0) is 14.6 Å². The third kappa shape index (κ3) is 4.67. The fourth-order valence-corrected chi connectivity index (χ4v) is 3.78. The molecule has 0 saturated carbocycles. The van der Waals surface area contributed by atoms with Crippen LogP contribution < -0.4 is 4.90 Å². The third-order valence-corrected chi connectivity index (χ3v) is 5.26. The molecule has 8 heteroatoms. The minimum Gasteiger partial charge on any atom is -0.378 e. The summed E-state index contributed by atoms with van der Waals surface area (Å²) >= 11 is 0. The number of nitro benzene ring substituents is 1. The van der Waals surface area contributed by atoms with E-state index in [0.717, 1.165) is 51.6 Å². The molecule has 0 aromatic heterocycles. The van der Waals surface area contributed by atoms with E-state index in [9.17, 15) is 18.5 Å². The van der Waals surface area contributed by atoms with Gasteiger partial charge in [0.15, 0.2) is 9.84 Å². The van der Waals surface area contributed by atoms with Crippen LogP contribution in [-0.4, -0.2) is 45.4 Å². The molecule has 1 fully saturated rings. The van der Waals surface area contributed by atoms with Crippen LogP contribution in [0.15, 0.2) is 23.1 Å². The summed E-state index contributed by atoms with van der Waals surface area (Å²) in [6.45, 7) is 4.36. The minimum atomic E-state index is -3.66. The van der Waals surface area contributed by atoms with Crippen molar-refractivity contribution in [3.8, 4) is 0 Å². The second kappa shape index (κ2) is 7.94. The summed E-state index contributed by atoms with van der Waals surface area (Å²) in [5.74, 6) is 0. The van der Waals surface area contributed by atoms with E-state index in [1.54, 1.807) is 6.07 Å². The lowest BCUT2D eigenvalue weighted by atomic mass is 10.1. The fraction of sp³-hybridized carbons (Fsp3) is 0.625. The van der Waals surface area contributed by atoms with Gasteiger partial charge >= 0.3 is 0 Å². The number of hydrogen-bond acceptors (Lipinski definition) is 6. The van der Waals surface area contributed by atoms with E-state index in [2.05, 4.69) is 11.8 Å². The Morgan fingerprint density at radius 3 is 2.71 bits per heavy atom. The Labute approximate surface area is 142 Å². The van der Waals surface area contributed by atoms with Crippen LogP contribution >= 0.6 is 0 Å². The number of benzene rings is 1. The Balaban J connectivity index is 2.21.